The van der Waals surface area contributed by atoms with Gasteiger partial charge in [0.2, 0.25) is 0 Å². The highest BCUT2D eigenvalue weighted by Crippen LogP contribution is 2.27. The Hall–Kier alpha value is -3.12. The Labute approximate surface area is 156 Å². The Morgan fingerprint density at radius 2 is 1.88 bits per heavy atom. The van der Waals surface area contributed by atoms with Crippen LogP contribution < -0.4 is 16.4 Å². The molecule has 0 bridgehead atoms. The van der Waals surface area contributed by atoms with Crippen LogP contribution in [0.15, 0.2) is 54.9 Å². The van der Waals surface area contributed by atoms with Crippen molar-refractivity contribution < 1.29 is 4.79 Å². The fraction of sp³-hybridized carbons (Fsp3) is 0.105. The summed E-state index contributed by atoms with van der Waals surface area (Å²) in [5.74, 6) is 0.957. The molecule has 2 aromatic carbocycles. The van der Waals surface area contributed by atoms with Crippen LogP contribution in [-0.4, -0.2) is 15.8 Å². The molecule has 1 heterocycles. The molecule has 3 rings (SSSR count). The molecule has 132 valence electrons. The van der Waals surface area contributed by atoms with Gasteiger partial charge in [-0.2, -0.15) is 0 Å². The lowest BCUT2D eigenvalue weighted by atomic mass is 10.1. The van der Waals surface area contributed by atoms with Crippen LogP contribution in [0.1, 0.15) is 22.8 Å². The number of halogens is 1. The molecule has 3 aromatic rings. The van der Waals surface area contributed by atoms with Gasteiger partial charge in [0, 0.05) is 22.8 Å². The number of carbonyl (C=O) groups excluding carboxylic acids is 1. The molecule has 0 aliphatic heterocycles. The molecule has 0 radical (unpaired) electrons. The summed E-state index contributed by atoms with van der Waals surface area (Å²) in [6, 6.07) is 14.7. The highest BCUT2D eigenvalue weighted by atomic mass is 35.5. The van der Waals surface area contributed by atoms with Crippen molar-refractivity contribution in [2.45, 2.75) is 13.5 Å². The van der Waals surface area contributed by atoms with Gasteiger partial charge in [-0.3, -0.25) is 4.79 Å². The lowest BCUT2D eigenvalue weighted by Crippen LogP contribution is -2.08. The molecular weight excluding hydrogens is 350 g/mol. The first-order valence-corrected chi connectivity index (χ1v) is 8.38. The largest absolute Gasteiger partial charge is 0.393 e. The molecule has 4 N–H and O–H groups in total. The van der Waals surface area contributed by atoms with E-state index in [1.807, 2.05) is 30.3 Å². The van der Waals surface area contributed by atoms with Gasteiger partial charge in [-0.1, -0.05) is 41.9 Å². The highest BCUT2D eigenvalue weighted by Gasteiger charge is 2.10. The van der Waals surface area contributed by atoms with E-state index in [0.29, 0.717) is 34.5 Å². The number of Topliss-reactive ketones (excluding diaryl/α,β-unsaturated/α-hetero) is 1. The zero-order valence-corrected chi connectivity index (χ0v) is 14.9. The number of ketones is 1. The Kier molecular flexibility index (Phi) is 5.34. The number of aromatic nitrogens is 2. The Bertz CT molecular complexity index is 945. The van der Waals surface area contributed by atoms with E-state index in [1.54, 1.807) is 18.2 Å². The van der Waals surface area contributed by atoms with E-state index < -0.39 is 0 Å². The number of carbonyl (C=O) groups is 1. The molecule has 26 heavy (non-hydrogen) atoms. The number of nitrogens with two attached hydrogens (primary N) is 1. The lowest BCUT2D eigenvalue weighted by molar-refractivity contribution is 0.101. The average Bonchev–Trinajstić information content (AvgIpc) is 2.64. The monoisotopic (exact) mass is 367 g/mol. The van der Waals surface area contributed by atoms with Crippen molar-refractivity contribution in [2.24, 2.45) is 0 Å². The number of hydrogen-bond acceptors (Lipinski definition) is 6. The second kappa shape index (κ2) is 7.84. The molecule has 0 aliphatic rings. The molecule has 0 aliphatic carbocycles. The third-order valence-electron chi connectivity index (χ3n) is 3.82. The number of nitrogen functional groups attached to an aromatic ring is 1. The van der Waals surface area contributed by atoms with Gasteiger partial charge >= 0.3 is 0 Å². The van der Waals surface area contributed by atoms with Crippen molar-refractivity contribution >= 4 is 40.4 Å². The van der Waals surface area contributed by atoms with Crippen LogP contribution >= 0.6 is 11.6 Å². The molecule has 0 spiro atoms. The van der Waals surface area contributed by atoms with E-state index >= 15 is 0 Å². The van der Waals surface area contributed by atoms with Crippen LogP contribution in [-0.2, 0) is 6.54 Å². The van der Waals surface area contributed by atoms with E-state index in [1.165, 1.54) is 13.3 Å². The first-order chi connectivity index (χ1) is 12.5. The number of benzene rings is 2. The van der Waals surface area contributed by atoms with E-state index in [-0.39, 0.29) is 5.78 Å². The zero-order chi connectivity index (χ0) is 18.5. The van der Waals surface area contributed by atoms with Gasteiger partial charge in [-0.05, 0) is 30.7 Å². The minimum absolute atomic E-state index is 0.00796. The maximum absolute atomic E-state index is 11.5. The van der Waals surface area contributed by atoms with E-state index in [4.69, 9.17) is 17.3 Å². The maximum Gasteiger partial charge on any atom is 0.159 e. The summed E-state index contributed by atoms with van der Waals surface area (Å²) in [7, 11) is 0. The van der Waals surface area contributed by atoms with Crippen LogP contribution in [0.3, 0.4) is 0 Å². The molecule has 1 aromatic heterocycles. The predicted octanol–water partition coefficient (Wildman–Crippen LogP) is 4.27. The predicted molar refractivity (Wildman–Crippen MR) is 105 cm³/mol. The van der Waals surface area contributed by atoms with Crippen molar-refractivity contribution in [3.63, 3.8) is 0 Å². The lowest BCUT2D eigenvalue weighted by Gasteiger charge is -2.13. The summed E-state index contributed by atoms with van der Waals surface area (Å²) in [6.45, 7) is 2.01. The molecule has 0 fully saturated rings. The number of hydrogen-bond donors (Lipinski definition) is 3. The van der Waals surface area contributed by atoms with Crippen LogP contribution in [0, 0.1) is 0 Å². The van der Waals surface area contributed by atoms with Gasteiger partial charge in [0.1, 0.15) is 12.0 Å². The van der Waals surface area contributed by atoms with E-state index in [9.17, 15) is 4.79 Å². The summed E-state index contributed by atoms with van der Waals surface area (Å²) in [5, 5.41) is 6.97. The number of nitrogens with zero attached hydrogens (tertiary/aromatic N) is 2. The van der Waals surface area contributed by atoms with Gasteiger partial charge in [-0.15, -0.1) is 0 Å². The zero-order valence-electron chi connectivity index (χ0n) is 14.2. The second-order valence-electron chi connectivity index (χ2n) is 5.69. The maximum atomic E-state index is 11.5. The van der Waals surface area contributed by atoms with Crippen molar-refractivity contribution in [2.75, 3.05) is 16.4 Å². The van der Waals surface area contributed by atoms with Gasteiger partial charge in [0.25, 0.3) is 0 Å². The first kappa shape index (κ1) is 17.7. The smallest absolute Gasteiger partial charge is 0.159 e. The molecular formula is C19H18ClN5O. The molecule has 0 amide bonds. The molecule has 7 heteroatoms. The quantitative estimate of drug-likeness (QED) is 0.563. The van der Waals surface area contributed by atoms with Crippen LogP contribution in [0.2, 0.25) is 5.02 Å². The van der Waals surface area contributed by atoms with Crippen molar-refractivity contribution in [3.05, 3.63) is 71.0 Å². The molecule has 0 atom stereocenters. The Morgan fingerprint density at radius 1 is 1.12 bits per heavy atom. The highest BCUT2D eigenvalue weighted by molar-refractivity contribution is 6.31. The molecule has 0 saturated carbocycles. The number of anilines is 4. The fourth-order valence-corrected chi connectivity index (χ4v) is 2.61. The molecule has 6 nitrogen and oxygen atoms in total. The Balaban J connectivity index is 1.78. The summed E-state index contributed by atoms with van der Waals surface area (Å²) < 4.78 is 0. The number of rotatable bonds is 6. The molecule has 0 unspecified atom stereocenters. The third-order valence-corrected chi connectivity index (χ3v) is 4.19. The Morgan fingerprint density at radius 3 is 2.65 bits per heavy atom. The summed E-state index contributed by atoms with van der Waals surface area (Å²) in [5.41, 5.74) is 8.84. The van der Waals surface area contributed by atoms with Crippen LogP contribution in [0.25, 0.3) is 0 Å². The minimum Gasteiger partial charge on any atom is -0.393 e. The van der Waals surface area contributed by atoms with E-state index in [2.05, 4.69) is 20.6 Å². The standard InChI is InChI=1S/C19H18ClN5O/c1-12(26)13-6-4-7-15(9-13)25-19-17(21)18(23-11-24-19)22-10-14-5-2-3-8-16(14)20/h2-9,11H,10,21H2,1H3,(H2,22,23,24,25). The number of nitrogens with one attached hydrogen (secondary N) is 2. The topological polar surface area (TPSA) is 92.9 Å². The first-order valence-electron chi connectivity index (χ1n) is 8.00. The molecule has 0 saturated heterocycles. The van der Waals surface area contributed by atoms with Crippen LogP contribution in [0.4, 0.5) is 23.0 Å². The fourth-order valence-electron chi connectivity index (χ4n) is 2.41. The summed E-state index contributed by atoms with van der Waals surface area (Å²) >= 11 is 6.17. The third kappa shape index (κ3) is 4.10. The minimum atomic E-state index is -0.00796. The van der Waals surface area contributed by atoms with Gasteiger partial charge in [0.15, 0.2) is 17.4 Å². The van der Waals surface area contributed by atoms with Gasteiger partial charge in [-0.25, -0.2) is 9.97 Å². The van der Waals surface area contributed by atoms with Crippen molar-refractivity contribution in [1.29, 1.82) is 0 Å². The summed E-state index contributed by atoms with van der Waals surface area (Å²) in [6.07, 6.45) is 1.42. The van der Waals surface area contributed by atoms with Crippen molar-refractivity contribution in [3.8, 4) is 0 Å². The van der Waals surface area contributed by atoms with Crippen LogP contribution in [0.5, 0.6) is 0 Å². The van der Waals surface area contributed by atoms with E-state index in [0.717, 1.165) is 11.3 Å². The van der Waals surface area contributed by atoms with Gasteiger partial charge in [0.05, 0.1) is 0 Å². The summed E-state index contributed by atoms with van der Waals surface area (Å²) in [4.78, 5) is 19.9. The average molecular weight is 368 g/mol. The SMILES string of the molecule is CC(=O)c1cccc(Nc2ncnc(NCc3ccccc3Cl)c2N)c1. The normalized spacial score (nSPS) is 10.4. The van der Waals surface area contributed by atoms with Crippen molar-refractivity contribution in [1.82, 2.24) is 9.97 Å². The van der Waals surface area contributed by atoms with Gasteiger partial charge < -0.3 is 16.4 Å². The second-order valence-corrected chi connectivity index (χ2v) is 6.10.